The van der Waals surface area contributed by atoms with Gasteiger partial charge in [-0.1, -0.05) is 38.3 Å². The maximum Gasteiger partial charge on any atom is 0.335 e. The lowest BCUT2D eigenvalue weighted by Crippen LogP contribution is -2.33. The van der Waals surface area contributed by atoms with Gasteiger partial charge in [-0.3, -0.25) is 0 Å². The van der Waals surface area contributed by atoms with E-state index in [0.29, 0.717) is 5.56 Å². The minimum absolute atomic E-state index is 0.0960. The molecule has 1 atom stereocenters. The standard InChI is InChI=1S/C15H23NO4S/c1-3-4-5-7-12(2)16-21(19,20)11-13-8-6-9-14(10-13)15(17)18/h6,8-10,12,16H,3-5,7,11H2,1-2H3,(H,17,18). The third kappa shape index (κ3) is 6.73. The zero-order valence-electron chi connectivity index (χ0n) is 12.5. The van der Waals surface area contributed by atoms with Crippen LogP contribution in [-0.4, -0.2) is 25.5 Å². The second-order valence-electron chi connectivity index (χ2n) is 5.28. The van der Waals surface area contributed by atoms with E-state index in [4.69, 9.17) is 5.11 Å². The van der Waals surface area contributed by atoms with Crippen molar-refractivity contribution >= 4 is 16.0 Å². The number of hydrogen-bond donors (Lipinski definition) is 2. The summed E-state index contributed by atoms with van der Waals surface area (Å²) >= 11 is 0. The molecule has 118 valence electrons. The molecule has 0 aromatic heterocycles. The Bertz CT molecular complexity index is 569. The number of benzene rings is 1. The van der Waals surface area contributed by atoms with Crippen molar-refractivity contribution in [2.45, 2.75) is 51.3 Å². The zero-order valence-corrected chi connectivity index (χ0v) is 13.3. The van der Waals surface area contributed by atoms with Gasteiger partial charge in [0.1, 0.15) is 0 Å². The molecular formula is C15H23NO4S. The molecule has 0 aliphatic heterocycles. The average molecular weight is 313 g/mol. The van der Waals surface area contributed by atoms with Crippen LogP contribution in [0, 0.1) is 0 Å². The highest BCUT2D eigenvalue weighted by Crippen LogP contribution is 2.10. The summed E-state index contributed by atoms with van der Waals surface area (Å²) in [6.07, 6.45) is 3.99. The lowest BCUT2D eigenvalue weighted by atomic mass is 10.1. The van der Waals surface area contributed by atoms with Crippen molar-refractivity contribution in [2.75, 3.05) is 0 Å². The van der Waals surface area contributed by atoms with Crippen LogP contribution in [0.3, 0.4) is 0 Å². The molecule has 0 saturated carbocycles. The first-order valence-corrected chi connectivity index (χ1v) is 8.81. The van der Waals surface area contributed by atoms with Crippen molar-refractivity contribution in [1.82, 2.24) is 4.72 Å². The Kier molecular flexibility index (Phi) is 6.84. The van der Waals surface area contributed by atoms with Crippen molar-refractivity contribution in [3.63, 3.8) is 0 Å². The molecule has 0 fully saturated rings. The largest absolute Gasteiger partial charge is 0.478 e. The quantitative estimate of drug-likeness (QED) is 0.687. The Morgan fingerprint density at radius 2 is 2.05 bits per heavy atom. The molecule has 5 nitrogen and oxygen atoms in total. The molecule has 0 heterocycles. The minimum atomic E-state index is -3.46. The number of nitrogens with one attached hydrogen (secondary N) is 1. The van der Waals surface area contributed by atoms with E-state index in [0.717, 1.165) is 25.7 Å². The molecule has 0 radical (unpaired) electrons. The molecule has 0 amide bonds. The maximum atomic E-state index is 12.1. The van der Waals surface area contributed by atoms with Crippen LogP contribution in [0.4, 0.5) is 0 Å². The van der Waals surface area contributed by atoms with Crippen LogP contribution >= 0.6 is 0 Å². The van der Waals surface area contributed by atoms with E-state index in [-0.39, 0.29) is 17.4 Å². The average Bonchev–Trinajstić information content (AvgIpc) is 2.38. The highest BCUT2D eigenvalue weighted by atomic mass is 32.2. The maximum absolute atomic E-state index is 12.1. The normalized spacial score (nSPS) is 13.0. The summed E-state index contributed by atoms with van der Waals surface area (Å²) in [5.74, 6) is -1.26. The Balaban J connectivity index is 2.63. The van der Waals surface area contributed by atoms with E-state index in [1.807, 2.05) is 6.92 Å². The first kappa shape index (κ1) is 17.7. The van der Waals surface area contributed by atoms with Crippen molar-refractivity contribution in [1.29, 1.82) is 0 Å². The van der Waals surface area contributed by atoms with Gasteiger partial charge in [-0.05, 0) is 31.0 Å². The summed E-state index contributed by atoms with van der Waals surface area (Å²) < 4.78 is 26.8. The molecule has 1 rings (SSSR count). The van der Waals surface area contributed by atoms with E-state index in [1.54, 1.807) is 12.1 Å². The summed E-state index contributed by atoms with van der Waals surface area (Å²) in [6.45, 7) is 3.95. The fraction of sp³-hybridized carbons (Fsp3) is 0.533. The minimum Gasteiger partial charge on any atom is -0.478 e. The predicted octanol–water partition coefficient (Wildman–Crippen LogP) is 2.77. The van der Waals surface area contributed by atoms with Crippen LogP contribution in [0.15, 0.2) is 24.3 Å². The van der Waals surface area contributed by atoms with Crippen LogP contribution in [0.2, 0.25) is 0 Å². The number of hydrogen-bond acceptors (Lipinski definition) is 3. The zero-order chi connectivity index (χ0) is 15.9. The van der Waals surface area contributed by atoms with Crippen LogP contribution in [0.1, 0.15) is 55.5 Å². The van der Waals surface area contributed by atoms with Crippen molar-refractivity contribution in [3.05, 3.63) is 35.4 Å². The molecule has 1 aromatic rings. The summed E-state index contributed by atoms with van der Waals surface area (Å²) in [7, 11) is -3.46. The second kappa shape index (κ2) is 8.14. The van der Waals surface area contributed by atoms with Gasteiger partial charge in [0.2, 0.25) is 10.0 Å². The van der Waals surface area contributed by atoms with Crippen LogP contribution in [0.5, 0.6) is 0 Å². The molecular weight excluding hydrogens is 290 g/mol. The van der Waals surface area contributed by atoms with E-state index < -0.39 is 16.0 Å². The van der Waals surface area contributed by atoms with E-state index in [2.05, 4.69) is 11.6 Å². The number of unbranched alkanes of at least 4 members (excludes halogenated alkanes) is 2. The number of aromatic carboxylic acids is 1. The highest BCUT2D eigenvalue weighted by Gasteiger charge is 2.16. The lowest BCUT2D eigenvalue weighted by molar-refractivity contribution is 0.0696. The number of carboxylic acid groups (broad SMARTS) is 1. The highest BCUT2D eigenvalue weighted by molar-refractivity contribution is 7.88. The molecule has 0 saturated heterocycles. The number of carbonyl (C=O) groups is 1. The third-order valence-electron chi connectivity index (χ3n) is 3.15. The van der Waals surface area contributed by atoms with Gasteiger partial charge < -0.3 is 5.11 Å². The van der Waals surface area contributed by atoms with Gasteiger partial charge in [0.05, 0.1) is 11.3 Å². The SMILES string of the molecule is CCCCCC(C)NS(=O)(=O)Cc1cccc(C(=O)O)c1. The second-order valence-corrected chi connectivity index (χ2v) is 7.03. The van der Waals surface area contributed by atoms with E-state index in [9.17, 15) is 13.2 Å². The summed E-state index contributed by atoms with van der Waals surface area (Å²) in [6, 6.07) is 5.90. The van der Waals surface area contributed by atoms with Gasteiger partial charge in [-0.2, -0.15) is 0 Å². The molecule has 0 bridgehead atoms. The Morgan fingerprint density at radius 1 is 1.33 bits per heavy atom. The van der Waals surface area contributed by atoms with Crippen LogP contribution in [0.25, 0.3) is 0 Å². The van der Waals surface area contributed by atoms with E-state index in [1.165, 1.54) is 12.1 Å². The molecule has 2 N–H and O–H groups in total. The van der Waals surface area contributed by atoms with Gasteiger partial charge in [0.15, 0.2) is 0 Å². The topological polar surface area (TPSA) is 83.5 Å². The van der Waals surface area contributed by atoms with Gasteiger partial charge in [0, 0.05) is 6.04 Å². The molecule has 1 unspecified atom stereocenters. The Morgan fingerprint density at radius 3 is 2.67 bits per heavy atom. The summed E-state index contributed by atoms with van der Waals surface area (Å²) in [5.41, 5.74) is 0.571. The third-order valence-corrected chi connectivity index (χ3v) is 4.63. The van der Waals surface area contributed by atoms with Gasteiger partial charge in [-0.25, -0.2) is 17.9 Å². The summed E-state index contributed by atoms with van der Waals surface area (Å²) in [5, 5.41) is 8.91. The molecule has 0 aliphatic rings. The number of rotatable bonds is 9. The predicted molar refractivity (Wildman–Crippen MR) is 82.8 cm³/mol. The lowest BCUT2D eigenvalue weighted by Gasteiger charge is -2.14. The van der Waals surface area contributed by atoms with Gasteiger partial charge >= 0.3 is 5.97 Å². The Hall–Kier alpha value is -1.40. The van der Waals surface area contributed by atoms with Crippen LogP contribution in [-0.2, 0) is 15.8 Å². The fourth-order valence-electron chi connectivity index (χ4n) is 2.12. The van der Waals surface area contributed by atoms with Crippen molar-refractivity contribution < 1.29 is 18.3 Å². The first-order valence-electron chi connectivity index (χ1n) is 7.16. The van der Waals surface area contributed by atoms with Crippen LogP contribution < -0.4 is 4.72 Å². The first-order chi connectivity index (χ1) is 9.84. The fourth-order valence-corrected chi connectivity index (χ4v) is 3.55. The number of sulfonamides is 1. The number of carboxylic acids is 1. The molecule has 0 spiro atoms. The van der Waals surface area contributed by atoms with Gasteiger partial charge in [-0.15, -0.1) is 0 Å². The summed E-state index contributed by atoms with van der Waals surface area (Å²) in [4.78, 5) is 10.9. The monoisotopic (exact) mass is 313 g/mol. The van der Waals surface area contributed by atoms with Crippen molar-refractivity contribution in [2.24, 2.45) is 0 Å². The molecule has 0 aliphatic carbocycles. The van der Waals surface area contributed by atoms with Gasteiger partial charge in [0.25, 0.3) is 0 Å². The molecule has 21 heavy (non-hydrogen) atoms. The smallest absolute Gasteiger partial charge is 0.335 e. The van der Waals surface area contributed by atoms with Crippen molar-refractivity contribution in [3.8, 4) is 0 Å². The van der Waals surface area contributed by atoms with E-state index >= 15 is 0 Å². The Labute approximate surface area is 126 Å². The molecule has 6 heteroatoms. The molecule has 1 aromatic carbocycles.